The maximum Gasteiger partial charge on any atom is 0.257 e. The van der Waals surface area contributed by atoms with E-state index in [4.69, 9.17) is 14.9 Å². The van der Waals surface area contributed by atoms with Crippen LogP contribution in [0.15, 0.2) is 91.0 Å². The molecule has 4 aromatic carbocycles. The summed E-state index contributed by atoms with van der Waals surface area (Å²) in [5.41, 5.74) is 1.93. The summed E-state index contributed by atoms with van der Waals surface area (Å²) in [6.07, 6.45) is 2.04. The van der Waals surface area contributed by atoms with E-state index in [0.717, 1.165) is 33.4 Å². The summed E-state index contributed by atoms with van der Waals surface area (Å²) in [7, 11) is 0. The Labute approximate surface area is 187 Å². The van der Waals surface area contributed by atoms with Crippen molar-refractivity contribution < 1.29 is 14.3 Å². The standard InChI is InChI=1S/C27H24N2O3/c28-18-21-12-15-26(25-9-5-4-8-24(21)25)31-19-27(30)29-17-16-20-10-13-23(14-11-20)32-22-6-2-1-3-7-22/h1-15,18,28H,16-17,19H2,(H,29,30). The van der Waals surface area contributed by atoms with Crippen LogP contribution in [0.1, 0.15) is 11.1 Å². The molecule has 0 heterocycles. The fourth-order valence-electron chi connectivity index (χ4n) is 3.44. The van der Waals surface area contributed by atoms with E-state index in [1.807, 2.05) is 84.9 Å². The summed E-state index contributed by atoms with van der Waals surface area (Å²) >= 11 is 0. The van der Waals surface area contributed by atoms with Gasteiger partial charge in [-0.3, -0.25) is 4.79 Å². The van der Waals surface area contributed by atoms with Gasteiger partial charge < -0.3 is 20.2 Å². The largest absolute Gasteiger partial charge is 0.483 e. The van der Waals surface area contributed by atoms with Gasteiger partial charge >= 0.3 is 0 Å². The quantitative estimate of drug-likeness (QED) is 0.355. The molecule has 0 aromatic heterocycles. The van der Waals surface area contributed by atoms with E-state index in [2.05, 4.69) is 5.32 Å². The molecule has 4 aromatic rings. The number of amides is 1. The molecule has 5 heteroatoms. The highest BCUT2D eigenvalue weighted by molar-refractivity contribution is 6.01. The molecule has 0 unspecified atom stereocenters. The Morgan fingerprint density at radius 3 is 2.25 bits per heavy atom. The van der Waals surface area contributed by atoms with Crippen molar-refractivity contribution in [1.82, 2.24) is 5.32 Å². The van der Waals surface area contributed by atoms with E-state index < -0.39 is 0 Å². The fourth-order valence-corrected chi connectivity index (χ4v) is 3.44. The van der Waals surface area contributed by atoms with Crippen LogP contribution < -0.4 is 14.8 Å². The van der Waals surface area contributed by atoms with Gasteiger partial charge in [-0.25, -0.2) is 0 Å². The Morgan fingerprint density at radius 1 is 0.812 bits per heavy atom. The molecule has 0 atom stereocenters. The van der Waals surface area contributed by atoms with Crippen LogP contribution in [0.25, 0.3) is 10.8 Å². The Bertz CT molecular complexity index is 1200. The summed E-state index contributed by atoms with van der Waals surface area (Å²) in [4.78, 5) is 12.2. The lowest BCUT2D eigenvalue weighted by Crippen LogP contribution is -2.30. The Morgan fingerprint density at radius 2 is 1.50 bits per heavy atom. The van der Waals surface area contributed by atoms with Gasteiger partial charge in [0, 0.05) is 23.7 Å². The highest BCUT2D eigenvalue weighted by Crippen LogP contribution is 2.27. The molecule has 0 spiro atoms. The lowest BCUT2D eigenvalue weighted by atomic mass is 10.0. The number of nitrogens with one attached hydrogen (secondary N) is 2. The van der Waals surface area contributed by atoms with Crippen molar-refractivity contribution >= 4 is 22.9 Å². The average molecular weight is 425 g/mol. The first-order valence-electron chi connectivity index (χ1n) is 10.5. The van der Waals surface area contributed by atoms with Gasteiger partial charge in [-0.15, -0.1) is 0 Å². The van der Waals surface area contributed by atoms with Gasteiger partial charge in [-0.2, -0.15) is 0 Å². The van der Waals surface area contributed by atoms with Crippen molar-refractivity contribution in [2.24, 2.45) is 0 Å². The molecular formula is C27H24N2O3. The van der Waals surface area contributed by atoms with Crippen LogP contribution in [0.4, 0.5) is 0 Å². The molecule has 0 saturated heterocycles. The van der Waals surface area contributed by atoms with Crippen molar-refractivity contribution in [2.45, 2.75) is 6.42 Å². The van der Waals surface area contributed by atoms with Gasteiger partial charge in [0.1, 0.15) is 17.2 Å². The number of hydrogen-bond donors (Lipinski definition) is 2. The average Bonchev–Trinajstić information content (AvgIpc) is 2.84. The molecule has 0 aliphatic carbocycles. The van der Waals surface area contributed by atoms with E-state index in [9.17, 15) is 4.79 Å². The van der Waals surface area contributed by atoms with E-state index in [-0.39, 0.29) is 12.5 Å². The monoisotopic (exact) mass is 424 g/mol. The summed E-state index contributed by atoms with van der Waals surface area (Å²) in [6, 6.07) is 28.8. The van der Waals surface area contributed by atoms with Crippen molar-refractivity contribution in [2.75, 3.05) is 13.2 Å². The van der Waals surface area contributed by atoms with Crippen molar-refractivity contribution in [3.8, 4) is 17.2 Å². The molecule has 0 aliphatic heterocycles. The number of carbonyl (C=O) groups is 1. The molecule has 0 radical (unpaired) electrons. The molecule has 2 N–H and O–H groups in total. The third kappa shape index (κ3) is 5.32. The van der Waals surface area contributed by atoms with Crippen LogP contribution in [-0.4, -0.2) is 25.3 Å². The highest BCUT2D eigenvalue weighted by Gasteiger charge is 2.08. The van der Waals surface area contributed by atoms with Crippen LogP contribution in [0.3, 0.4) is 0 Å². The van der Waals surface area contributed by atoms with Crippen molar-refractivity contribution in [3.05, 3.63) is 102 Å². The number of hydrogen-bond acceptors (Lipinski definition) is 4. The summed E-state index contributed by atoms with van der Waals surface area (Å²) < 4.78 is 11.5. The minimum atomic E-state index is -0.172. The Hall–Kier alpha value is -4.12. The minimum absolute atomic E-state index is 0.0578. The topological polar surface area (TPSA) is 71.4 Å². The van der Waals surface area contributed by atoms with Crippen LogP contribution in [0.2, 0.25) is 0 Å². The smallest absolute Gasteiger partial charge is 0.257 e. The number of rotatable bonds is 9. The molecular weight excluding hydrogens is 400 g/mol. The molecule has 4 rings (SSSR count). The van der Waals surface area contributed by atoms with Gasteiger partial charge in [0.2, 0.25) is 0 Å². The molecule has 0 saturated carbocycles. The second kappa shape index (κ2) is 10.3. The SMILES string of the molecule is N=Cc1ccc(OCC(=O)NCCc2ccc(Oc3ccccc3)cc2)c2ccccc12. The molecule has 5 nitrogen and oxygen atoms in total. The first-order chi connectivity index (χ1) is 15.7. The molecule has 160 valence electrons. The van der Waals surface area contributed by atoms with Gasteiger partial charge in [-0.05, 0) is 53.8 Å². The summed E-state index contributed by atoms with van der Waals surface area (Å²) in [5, 5.41) is 12.3. The molecule has 1 amide bonds. The number of ether oxygens (including phenoxy) is 2. The first-order valence-corrected chi connectivity index (χ1v) is 10.5. The molecule has 32 heavy (non-hydrogen) atoms. The van der Waals surface area contributed by atoms with Crippen LogP contribution in [-0.2, 0) is 11.2 Å². The zero-order valence-corrected chi connectivity index (χ0v) is 17.6. The normalized spacial score (nSPS) is 10.5. The molecule has 0 aliphatic rings. The van der Waals surface area contributed by atoms with Gasteiger partial charge in [0.15, 0.2) is 6.61 Å². The maximum absolute atomic E-state index is 12.2. The number of fused-ring (bicyclic) bond motifs is 1. The lowest BCUT2D eigenvalue weighted by Gasteiger charge is -2.11. The van der Waals surface area contributed by atoms with Crippen molar-refractivity contribution in [3.63, 3.8) is 0 Å². The van der Waals surface area contributed by atoms with E-state index in [1.54, 1.807) is 6.07 Å². The van der Waals surface area contributed by atoms with E-state index >= 15 is 0 Å². The second-order valence-corrected chi connectivity index (χ2v) is 7.29. The summed E-state index contributed by atoms with van der Waals surface area (Å²) in [5.74, 6) is 2.04. The maximum atomic E-state index is 12.2. The third-order valence-corrected chi connectivity index (χ3v) is 5.07. The number of para-hydroxylation sites is 1. The Kier molecular flexibility index (Phi) is 6.78. The first kappa shape index (κ1) is 21.1. The number of benzene rings is 4. The van der Waals surface area contributed by atoms with Crippen LogP contribution in [0.5, 0.6) is 17.2 Å². The lowest BCUT2D eigenvalue weighted by molar-refractivity contribution is -0.123. The zero-order chi connectivity index (χ0) is 22.2. The third-order valence-electron chi connectivity index (χ3n) is 5.07. The summed E-state index contributed by atoms with van der Waals surface area (Å²) in [6.45, 7) is 0.465. The van der Waals surface area contributed by atoms with E-state index in [0.29, 0.717) is 18.7 Å². The van der Waals surface area contributed by atoms with E-state index in [1.165, 1.54) is 6.21 Å². The zero-order valence-electron chi connectivity index (χ0n) is 17.6. The predicted octanol–water partition coefficient (Wildman–Crippen LogP) is 5.37. The molecule has 0 bridgehead atoms. The highest BCUT2D eigenvalue weighted by atomic mass is 16.5. The minimum Gasteiger partial charge on any atom is -0.483 e. The van der Waals surface area contributed by atoms with Gasteiger partial charge in [-0.1, -0.05) is 54.6 Å². The fraction of sp³-hybridized carbons (Fsp3) is 0.111. The number of carbonyl (C=O) groups excluding carboxylic acids is 1. The van der Waals surface area contributed by atoms with Crippen LogP contribution in [0, 0.1) is 5.41 Å². The second-order valence-electron chi connectivity index (χ2n) is 7.29. The van der Waals surface area contributed by atoms with Gasteiger partial charge in [0.25, 0.3) is 5.91 Å². The predicted molar refractivity (Wildman–Crippen MR) is 127 cm³/mol. The van der Waals surface area contributed by atoms with Crippen molar-refractivity contribution in [1.29, 1.82) is 5.41 Å². The molecule has 0 fully saturated rings. The Balaban J connectivity index is 1.25. The van der Waals surface area contributed by atoms with Crippen LogP contribution >= 0.6 is 0 Å². The van der Waals surface area contributed by atoms with Gasteiger partial charge in [0.05, 0.1) is 0 Å².